The van der Waals surface area contributed by atoms with Gasteiger partial charge in [-0.2, -0.15) is 0 Å². The number of allylic oxidation sites excluding steroid dienone is 1. The minimum absolute atomic E-state index is 0.146. The number of hydrogen-bond donors (Lipinski definition) is 1. The highest BCUT2D eigenvalue weighted by atomic mass is 35.5. The molecule has 0 bridgehead atoms. The summed E-state index contributed by atoms with van der Waals surface area (Å²) in [6, 6.07) is 6.53. The molecule has 2 nitrogen and oxygen atoms in total. The van der Waals surface area contributed by atoms with E-state index in [2.05, 4.69) is 23.5 Å². The van der Waals surface area contributed by atoms with Crippen molar-refractivity contribution in [2.24, 2.45) is 11.8 Å². The summed E-state index contributed by atoms with van der Waals surface area (Å²) in [5.74, 6) is 2.34. The van der Waals surface area contributed by atoms with E-state index in [0.717, 1.165) is 17.4 Å². The molecule has 3 rings (SSSR count). The van der Waals surface area contributed by atoms with Crippen molar-refractivity contribution in [2.75, 3.05) is 5.32 Å². The van der Waals surface area contributed by atoms with Gasteiger partial charge in [-0.25, -0.2) is 0 Å². The lowest BCUT2D eigenvalue weighted by molar-refractivity contribution is 0.218. The number of rotatable bonds is 4. The third kappa shape index (κ3) is 2.59. The number of fused-ring (bicyclic) bond motifs is 1. The molecule has 0 aliphatic heterocycles. The summed E-state index contributed by atoms with van der Waals surface area (Å²) in [5.41, 5.74) is 1.09. The number of nitrogens with one attached hydrogen (secondary N) is 1. The van der Waals surface area contributed by atoms with Crippen LogP contribution in [0.25, 0.3) is 0 Å². The highest BCUT2D eigenvalue weighted by molar-refractivity contribution is 6.32. The number of ether oxygens (including phenoxy) is 1. The second-order valence-corrected chi connectivity index (χ2v) is 6.21. The van der Waals surface area contributed by atoms with Gasteiger partial charge in [0.05, 0.1) is 11.1 Å². The van der Waals surface area contributed by atoms with E-state index >= 15 is 0 Å². The summed E-state index contributed by atoms with van der Waals surface area (Å²) in [5, 5.41) is 4.26. The summed E-state index contributed by atoms with van der Waals surface area (Å²) < 4.78 is 5.64. The van der Waals surface area contributed by atoms with Crippen LogP contribution in [0.3, 0.4) is 0 Å². The van der Waals surface area contributed by atoms with Crippen LogP contribution in [0.4, 0.5) is 5.69 Å². The number of hydrogen-bond acceptors (Lipinski definition) is 2. The van der Waals surface area contributed by atoms with E-state index in [4.69, 9.17) is 16.3 Å². The zero-order valence-electron chi connectivity index (χ0n) is 11.4. The van der Waals surface area contributed by atoms with E-state index in [9.17, 15) is 0 Å². The van der Waals surface area contributed by atoms with Gasteiger partial charge in [-0.3, -0.25) is 0 Å². The number of benzene rings is 1. The largest absolute Gasteiger partial charge is 0.489 e. The molecule has 1 aromatic carbocycles. The Bertz CT molecular complexity index is 498. The van der Waals surface area contributed by atoms with Crippen LogP contribution < -0.4 is 10.1 Å². The average Bonchev–Trinajstić information content (AvgIpc) is 2.70. The summed E-state index contributed by atoms with van der Waals surface area (Å²) in [6.07, 6.45) is 7.32. The smallest absolute Gasteiger partial charge is 0.138 e. The van der Waals surface area contributed by atoms with E-state index in [1.807, 2.05) is 26.0 Å². The van der Waals surface area contributed by atoms with Crippen molar-refractivity contribution in [3.8, 4) is 5.75 Å². The lowest BCUT2D eigenvalue weighted by Gasteiger charge is -2.41. The van der Waals surface area contributed by atoms with Crippen LogP contribution in [0.5, 0.6) is 5.75 Å². The summed E-state index contributed by atoms with van der Waals surface area (Å²) in [7, 11) is 0. The van der Waals surface area contributed by atoms with Crippen molar-refractivity contribution in [2.45, 2.75) is 38.8 Å². The van der Waals surface area contributed by atoms with Gasteiger partial charge in [-0.1, -0.05) is 23.8 Å². The Labute approximate surface area is 119 Å². The molecular weight excluding hydrogens is 258 g/mol. The van der Waals surface area contributed by atoms with Gasteiger partial charge in [0.1, 0.15) is 5.75 Å². The van der Waals surface area contributed by atoms with Crippen molar-refractivity contribution in [1.29, 1.82) is 0 Å². The Morgan fingerprint density at radius 1 is 1.37 bits per heavy atom. The molecule has 0 saturated heterocycles. The molecule has 2 aliphatic rings. The van der Waals surface area contributed by atoms with E-state index in [1.165, 1.54) is 12.8 Å². The molecule has 0 spiro atoms. The van der Waals surface area contributed by atoms with Gasteiger partial charge in [0.2, 0.25) is 0 Å². The van der Waals surface area contributed by atoms with Gasteiger partial charge in [-0.15, -0.1) is 0 Å². The molecule has 0 heterocycles. The Balaban J connectivity index is 1.65. The summed E-state index contributed by atoms with van der Waals surface area (Å²) >= 11 is 6.25. The fourth-order valence-electron chi connectivity index (χ4n) is 3.04. The molecule has 3 heteroatoms. The van der Waals surface area contributed by atoms with Gasteiger partial charge < -0.3 is 10.1 Å². The maximum absolute atomic E-state index is 6.25. The maximum atomic E-state index is 6.25. The lowest BCUT2D eigenvalue weighted by Crippen LogP contribution is -2.43. The highest BCUT2D eigenvalue weighted by Crippen LogP contribution is 2.44. The van der Waals surface area contributed by atoms with Crippen molar-refractivity contribution in [1.82, 2.24) is 0 Å². The van der Waals surface area contributed by atoms with Gasteiger partial charge >= 0.3 is 0 Å². The standard InChI is InChI=1S/C16H20ClNO/c1-10(2)19-16-7-6-12(9-14(16)17)18-15-8-11-4-3-5-13(11)15/h3,5-7,9-11,13,15,18H,4,8H2,1-2H3. The first-order chi connectivity index (χ1) is 9.13. The monoisotopic (exact) mass is 277 g/mol. The molecule has 3 unspecified atom stereocenters. The first-order valence-corrected chi connectivity index (χ1v) is 7.40. The quantitative estimate of drug-likeness (QED) is 0.818. The summed E-state index contributed by atoms with van der Waals surface area (Å²) in [6.45, 7) is 4.01. The minimum atomic E-state index is 0.146. The molecule has 1 saturated carbocycles. The normalized spacial score (nSPS) is 28.1. The van der Waals surface area contributed by atoms with Crippen LogP contribution in [0.2, 0.25) is 5.02 Å². The van der Waals surface area contributed by atoms with E-state index in [-0.39, 0.29) is 6.10 Å². The predicted molar refractivity (Wildman–Crippen MR) is 80.0 cm³/mol. The van der Waals surface area contributed by atoms with Crippen molar-refractivity contribution in [3.05, 3.63) is 35.4 Å². The SMILES string of the molecule is CC(C)Oc1ccc(NC2CC3CC=CC32)cc1Cl. The van der Waals surface area contributed by atoms with Gasteiger partial charge in [0.25, 0.3) is 0 Å². The molecule has 1 N–H and O–H groups in total. The highest BCUT2D eigenvalue weighted by Gasteiger charge is 2.40. The fraction of sp³-hybridized carbons (Fsp3) is 0.500. The molecular formula is C16H20ClNO. The van der Waals surface area contributed by atoms with E-state index in [1.54, 1.807) is 0 Å². The van der Waals surface area contributed by atoms with Gasteiger partial charge in [0.15, 0.2) is 0 Å². The molecule has 2 aliphatic carbocycles. The number of anilines is 1. The maximum Gasteiger partial charge on any atom is 0.138 e. The zero-order chi connectivity index (χ0) is 13.4. The number of halogens is 1. The molecule has 1 fully saturated rings. The average molecular weight is 278 g/mol. The topological polar surface area (TPSA) is 21.3 Å². The molecule has 0 amide bonds. The van der Waals surface area contributed by atoms with Crippen LogP contribution in [0.1, 0.15) is 26.7 Å². The van der Waals surface area contributed by atoms with Gasteiger partial charge in [0, 0.05) is 17.6 Å². The van der Waals surface area contributed by atoms with Crippen molar-refractivity contribution >= 4 is 17.3 Å². The van der Waals surface area contributed by atoms with Gasteiger partial charge in [-0.05, 0) is 50.8 Å². The first kappa shape index (κ1) is 12.9. The third-order valence-corrected chi connectivity index (χ3v) is 4.30. The molecule has 0 aromatic heterocycles. The van der Waals surface area contributed by atoms with Crippen LogP contribution in [0, 0.1) is 11.8 Å². The second-order valence-electron chi connectivity index (χ2n) is 5.80. The van der Waals surface area contributed by atoms with Crippen LogP contribution >= 0.6 is 11.6 Å². The third-order valence-electron chi connectivity index (χ3n) is 4.01. The molecule has 0 radical (unpaired) electrons. The Hall–Kier alpha value is -1.15. The molecule has 1 aromatic rings. The lowest BCUT2D eigenvalue weighted by atomic mass is 9.71. The second kappa shape index (κ2) is 5.09. The van der Waals surface area contributed by atoms with Crippen LogP contribution in [-0.4, -0.2) is 12.1 Å². The Morgan fingerprint density at radius 3 is 2.89 bits per heavy atom. The van der Waals surface area contributed by atoms with E-state index < -0.39 is 0 Å². The first-order valence-electron chi connectivity index (χ1n) is 7.03. The van der Waals surface area contributed by atoms with Crippen LogP contribution in [0.15, 0.2) is 30.4 Å². The van der Waals surface area contributed by atoms with E-state index in [0.29, 0.717) is 17.0 Å². The fourth-order valence-corrected chi connectivity index (χ4v) is 3.26. The van der Waals surface area contributed by atoms with Crippen molar-refractivity contribution in [3.63, 3.8) is 0 Å². The predicted octanol–water partition coefficient (Wildman–Crippen LogP) is 4.50. The van der Waals surface area contributed by atoms with Crippen LogP contribution in [-0.2, 0) is 0 Å². The molecule has 19 heavy (non-hydrogen) atoms. The molecule has 102 valence electrons. The zero-order valence-corrected chi connectivity index (χ0v) is 12.2. The Kier molecular flexibility index (Phi) is 3.44. The minimum Gasteiger partial charge on any atom is -0.489 e. The molecule has 3 atom stereocenters. The van der Waals surface area contributed by atoms with Crippen molar-refractivity contribution < 1.29 is 4.74 Å². The Morgan fingerprint density at radius 2 is 2.21 bits per heavy atom. The summed E-state index contributed by atoms with van der Waals surface area (Å²) in [4.78, 5) is 0.